The summed E-state index contributed by atoms with van der Waals surface area (Å²) in [5, 5.41) is 6.96. The van der Waals surface area contributed by atoms with Crippen LogP contribution in [-0.2, 0) is 11.3 Å². The van der Waals surface area contributed by atoms with Gasteiger partial charge in [-0.2, -0.15) is 0 Å². The molecule has 0 aromatic heterocycles. The number of hydrogen-bond donors (Lipinski definition) is 2. The molecule has 0 bridgehead atoms. The average Bonchev–Trinajstić information content (AvgIpc) is 2.38. The van der Waals surface area contributed by atoms with Crippen molar-refractivity contribution >= 4 is 17.5 Å². The molecule has 0 radical (unpaired) electrons. The summed E-state index contributed by atoms with van der Waals surface area (Å²) in [6, 6.07) is 7.59. The van der Waals surface area contributed by atoms with Crippen molar-refractivity contribution in [3.05, 3.63) is 34.9 Å². The van der Waals surface area contributed by atoms with E-state index in [2.05, 4.69) is 10.6 Å². The van der Waals surface area contributed by atoms with Crippen molar-refractivity contribution in [3.63, 3.8) is 0 Å². The molecule has 4 heteroatoms. The molecular weight excluding hydrogens is 248 g/mol. The van der Waals surface area contributed by atoms with E-state index in [1.54, 1.807) is 0 Å². The van der Waals surface area contributed by atoms with Crippen molar-refractivity contribution in [1.29, 1.82) is 0 Å². The zero-order valence-corrected chi connectivity index (χ0v) is 11.4. The fraction of sp³-hybridized carbons (Fsp3) is 0.500. The summed E-state index contributed by atoms with van der Waals surface area (Å²) >= 11 is 6.06. The number of nitrogens with one attached hydrogen (secondary N) is 2. The molecule has 1 atom stereocenters. The zero-order valence-electron chi connectivity index (χ0n) is 10.6. The van der Waals surface area contributed by atoms with Crippen LogP contribution in [0.2, 0.25) is 5.02 Å². The summed E-state index contributed by atoms with van der Waals surface area (Å²) in [6.45, 7) is 4.27. The maximum atomic E-state index is 12.2. The quantitative estimate of drug-likeness (QED) is 0.882. The Morgan fingerprint density at radius 2 is 2.28 bits per heavy atom. The van der Waals surface area contributed by atoms with Gasteiger partial charge in [-0.05, 0) is 37.9 Å². The number of amides is 1. The Morgan fingerprint density at radius 3 is 2.94 bits per heavy atom. The Morgan fingerprint density at radius 1 is 1.50 bits per heavy atom. The number of halogens is 1. The molecule has 0 spiro atoms. The Balaban J connectivity index is 1.94. The summed E-state index contributed by atoms with van der Waals surface area (Å²) in [7, 11) is 0. The summed E-state index contributed by atoms with van der Waals surface area (Å²) in [5.41, 5.74) is 0.666. The van der Waals surface area contributed by atoms with Gasteiger partial charge in [0.1, 0.15) is 0 Å². The Labute approximate surface area is 113 Å². The third kappa shape index (κ3) is 3.03. The van der Waals surface area contributed by atoms with Gasteiger partial charge in [0.2, 0.25) is 5.91 Å². The number of hydrogen-bond acceptors (Lipinski definition) is 2. The van der Waals surface area contributed by atoms with Crippen LogP contribution < -0.4 is 10.6 Å². The van der Waals surface area contributed by atoms with Gasteiger partial charge in [0.25, 0.3) is 0 Å². The molecule has 1 aromatic carbocycles. The van der Waals surface area contributed by atoms with Gasteiger partial charge >= 0.3 is 0 Å². The molecule has 1 amide bonds. The van der Waals surface area contributed by atoms with Crippen molar-refractivity contribution in [1.82, 2.24) is 10.6 Å². The fourth-order valence-electron chi connectivity index (χ4n) is 2.28. The second kappa shape index (κ2) is 5.72. The molecule has 2 rings (SSSR count). The monoisotopic (exact) mass is 266 g/mol. The molecule has 1 aliphatic heterocycles. The van der Waals surface area contributed by atoms with Gasteiger partial charge in [-0.15, -0.1) is 0 Å². The first-order valence-corrected chi connectivity index (χ1v) is 6.72. The SMILES string of the molecule is CC1(C(=O)NCc2ccccc2Cl)CCCNC1. The lowest BCUT2D eigenvalue weighted by Gasteiger charge is -2.32. The van der Waals surface area contributed by atoms with Crippen LogP contribution in [0.4, 0.5) is 0 Å². The fourth-order valence-corrected chi connectivity index (χ4v) is 2.48. The summed E-state index contributed by atoms with van der Waals surface area (Å²) in [6.07, 6.45) is 1.99. The minimum Gasteiger partial charge on any atom is -0.351 e. The second-order valence-electron chi connectivity index (χ2n) is 5.12. The highest BCUT2D eigenvalue weighted by molar-refractivity contribution is 6.31. The normalized spacial score (nSPS) is 23.7. The molecule has 3 nitrogen and oxygen atoms in total. The van der Waals surface area contributed by atoms with Crippen LogP contribution in [0.25, 0.3) is 0 Å². The van der Waals surface area contributed by atoms with Crippen LogP contribution in [0.15, 0.2) is 24.3 Å². The van der Waals surface area contributed by atoms with Gasteiger partial charge in [-0.3, -0.25) is 4.79 Å². The van der Waals surface area contributed by atoms with E-state index in [0.717, 1.165) is 31.5 Å². The highest BCUT2D eigenvalue weighted by atomic mass is 35.5. The Hall–Kier alpha value is -1.06. The first-order chi connectivity index (χ1) is 8.62. The molecule has 98 valence electrons. The van der Waals surface area contributed by atoms with E-state index in [0.29, 0.717) is 11.6 Å². The molecule has 1 unspecified atom stereocenters. The maximum absolute atomic E-state index is 12.2. The number of piperidine rings is 1. The molecule has 0 saturated carbocycles. The van der Waals surface area contributed by atoms with Gasteiger partial charge < -0.3 is 10.6 Å². The van der Waals surface area contributed by atoms with E-state index in [1.165, 1.54) is 0 Å². The van der Waals surface area contributed by atoms with Crippen LogP contribution >= 0.6 is 11.6 Å². The van der Waals surface area contributed by atoms with Crippen LogP contribution in [0, 0.1) is 5.41 Å². The molecule has 18 heavy (non-hydrogen) atoms. The minimum absolute atomic E-state index is 0.106. The number of benzene rings is 1. The first-order valence-electron chi connectivity index (χ1n) is 6.34. The van der Waals surface area contributed by atoms with E-state index < -0.39 is 0 Å². The highest BCUT2D eigenvalue weighted by Crippen LogP contribution is 2.25. The zero-order chi connectivity index (χ0) is 13.0. The molecule has 1 aliphatic rings. The number of rotatable bonds is 3. The minimum atomic E-state index is -0.292. The van der Waals surface area contributed by atoms with Crippen molar-refractivity contribution in [3.8, 4) is 0 Å². The summed E-state index contributed by atoms with van der Waals surface area (Å²) < 4.78 is 0. The van der Waals surface area contributed by atoms with E-state index in [-0.39, 0.29) is 11.3 Å². The maximum Gasteiger partial charge on any atom is 0.227 e. The lowest BCUT2D eigenvalue weighted by Crippen LogP contribution is -2.48. The van der Waals surface area contributed by atoms with Crippen molar-refractivity contribution in [2.24, 2.45) is 5.41 Å². The van der Waals surface area contributed by atoms with Gasteiger partial charge in [0, 0.05) is 18.1 Å². The van der Waals surface area contributed by atoms with Crippen molar-refractivity contribution in [2.45, 2.75) is 26.3 Å². The molecule has 1 saturated heterocycles. The molecule has 1 aromatic rings. The third-order valence-electron chi connectivity index (χ3n) is 3.54. The lowest BCUT2D eigenvalue weighted by atomic mass is 9.82. The highest BCUT2D eigenvalue weighted by Gasteiger charge is 2.34. The predicted octanol–water partition coefficient (Wildman–Crippen LogP) is 2.35. The number of carbonyl (C=O) groups is 1. The second-order valence-corrected chi connectivity index (χ2v) is 5.52. The van der Waals surface area contributed by atoms with Crippen LogP contribution in [0.5, 0.6) is 0 Å². The van der Waals surface area contributed by atoms with Crippen molar-refractivity contribution in [2.75, 3.05) is 13.1 Å². The third-order valence-corrected chi connectivity index (χ3v) is 3.91. The average molecular weight is 267 g/mol. The number of carbonyl (C=O) groups excluding carboxylic acids is 1. The van der Waals surface area contributed by atoms with E-state index in [9.17, 15) is 4.79 Å². The molecule has 2 N–H and O–H groups in total. The van der Waals surface area contributed by atoms with E-state index in [4.69, 9.17) is 11.6 Å². The summed E-state index contributed by atoms with van der Waals surface area (Å²) in [5.74, 6) is 0.106. The molecule has 0 aliphatic carbocycles. The smallest absolute Gasteiger partial charge is 0.227 e. The molecular formula is C14H19ClN2O. The van der Waals surface area contributed by atoms with Gasteiger partial charge in [-0.1, -0.05) is 29.8 Å². The molecule has 1 heterocycles. The van der Waals surface area contributed by atoms with Gasteiger partial charge in [-0.25, -0.2) is 0 Å². The van der Waals surface area contributed by atoms with Crippen LogP contribution in [-0.4, -0.2) is 19.0 Å². The van der Waals surface area contributed by atoms with Crippen LogP contribution in [0.1, 0.15) is 25.3 Å². The van der Waals surface area contributed by atoms with Gasteiger partial charge in [0.15, 0.2) is 0 Å². The standard InChI is InChI=1S/C14H19ClN2O/c1-14(7-4-8-16-10-14)13(18)17-9-11-5-2-3-6-12(11)15/h2-3,5-6,16H,4,7-10H2,1H3,(H,17,18). The Kier molecular flexibility index (Phi) is 4.25. The Bertz CT molecular complexity index is 428. The van der Waals surface area contributed by atoms with Crippen LogP contribution in [0.3, 0.4) is 0 Å². The lowest BCUT2D eigenvalue weighted by molar-refractivity contribution is -0.131. The van der Waals surface area contributed by atoms with Gasteiger partial charge in [0.05, 0.1) is 5.41 Å². The first kappa shape index (κ1) is 13.4. The predicted molar refractivity (Wildman–Crippen MR) is 73.5 cm³/mol. The largest absolute Gasteiger partial charge is 0.351 e. The topological polar surface area (TPSA) is 41.1 Å². The van der Waals surface area contributed by atoms with E-state index in [1.807, 2.05) is 31.2 Å². The van der Waals surface area contributed by atoms with Crippen molar-refractivity contribution < 1.29 is 4.79 Å². The summed E-state index contributed by atoms with van der Waals surface area (Å²) in [4.78, 5) is 12.2. The van der Waals surface area contributed by atoms with E-state index >= 15 is 0 Å². The molecule has 1 fully saturated rings.